The highest BCUT2D eigenvalue weighted by atomic mass is 35.5. The predicted molar refractivity (Wildman–Crippen MR) is 70.2 cm³/mol. The Kier molecular flexibility index (Phi) is 3.41. The van der Waals surface area contributed by atoms with Crippen molar-refractivity contribution in [2.75, 3.05) is 11.9 Å². The standard InChI is InChI=1S/C13H19ClN2/c1-13(2)9-10(7-8-15-13)16-12-6-4-3-5-11(12)14/h3-6,10,15-16H,7-9H2,1-2H3. The summed E-state index contributed by atoms with van der Waals surface area (Å²) in [7, 11) is 0. The van der Waals surface area contributed by atoms with Gasteiger partial charge in [-0.2, -0.15) is 0 Å². The Labute approximate surface area is 102 Å². The molecule has 1 atom stereocenters. The van der Waals surface area contributed by atoms with Gasteiger partial charge in [0.2, 0.25) is 0 Å². The molecule has 1 aliphatic heterocycles. The van der Waals surface area contributed by atoms with Crippen molar-refractivity contribution in [1.82, 2.24) is 5.32 Å². The first-order valence-electron chi connectivity index (χ1n) is 5.83. The maximum Gasteiger partial charge on any atom is 0.0637 e. The van der Waals surface area contributed by atoms with Gasteiger partial charge in [0.15, 0.2) is 0 Å². The fourth-order valence-corrected chi connectivity index (χ4v) is 2.49. The molecule has 0 bridgehead atoms. The number of para-hydroxylation sites is 1. The summed E-state index contributed by atoms with van der Waals surface area (Å²) in [6.45, 7) is 5.55. The van der Waals surface area contributed by atoms with Gasteiger partial charge in [0.1, 0.15) is 0 Å². The van der Waals surface area contributed by atoms with Gasteiger partial charge in [0.05, 0.1) is 10.7 Å². The van der Waals surface area contributed by atoms with E-state index >= 15 is 0 Å². The highest BCUT2D eigenvalue weighted by molar-refractivity contribution is 6.33. The third-order valence-corrected chi connectivity index (χ3v) is 3.42. The molecule has 0 aromatic heterocycles. The summed E-state index contributed by atoms with van der Waals surface area (Å²) in [4.78, 5) is 0. The number of nitrogens with one attached hydrogen (secondary N) is 2. The van der Waals surface area contributed by atoms with Gasteiger partial charge >= 0.3 is 0 Å². The molecule has 2 N–H and O–H groups in total. The molecule has 0 radical (unpaired) electrons. The third-order valence-electron chi connectivity index (χ3n) is 3.09. The fraction of sp³-hybridized carbons (Fsp3) is 0.538. The average Bonchev–Trinajstić information content (AvgIpc) is 2.20. The van der Waals surface area contributed by atoms with E-state index < -0.39 is 0 Å². The Hall–Kier alpha value is -0.730. The summed E-state index contributed by atoms with van der Waals surface area (Å²) in [5.74, 6) is 0. The SMILES string of the molecule is CC1(C)CC(Nc2ccccc2Cl)CCN1. The number of hydrogen-bond donors (Lipinski definition) is 2. The normalized spacial score (nSPS) is 24.1. The van der Waals surface area contributed by atoms with E-state index in [0.717, 1.165) is 30.1 Å². The predicted octanol–water partition coefficient (Wildman–Crippen LogP) is 3.28. The van der Waals surface area contributed by atoms with Crippen LogP contribution < -0.4 is 10.6 Å². The second-order valence-corrected chi connectivity index (χ2v) is 5.53. The molecule has 1 aromatic rings. The van der Waals surface area contributed by atoms with E-state index in [1.54, 1.807) is 0 Å². The molecule has 0 amide bonds. The Morgan fingerprint density at radius 2 is 2.12 bits per heavy atom. The van der Waals surface area contributed by atoms with Crippen molar-refractivity contribution in [2.24, 2.45) is 0 Å². The Bertz CT molecular complexity index is 363. The maximum atomic E-state index is 6.14. The van der Waals surface area contributed by atoms with Crippen molar-refractivity contribution in [3.63, 3.8) is 0 Å². The number of rotatable bonds is 2. The number of hydrogen-bond acceptors (Lipinski definition) is 2. The van der Waals surface area contributed by atoms with Crippen molar-refractivity contribution in [2.45, 2.75) is 38.3 Å². The van der Waals surface area contributed by atoms with E-state index in [4.69, 9.17) is 11.6 Å². The molecule has 0 spiro atoms. The summed E-state index contributed by atoms with van der Waals surface area (Å²) < 4.78 is 0. The third kappa shape index (κ3) is 2.89. The summed E-state index contributed by atoms with van der Waals surface area (Å²) >= 11 is 6.14. The van der Waals surface area contributed by atoms with E-state index in [1.807, 2.05) is 24.3 Å². The largest absolute Gasteiger partial charge is 0.381 e. The molecule has 1 fully saturated rings. The molecular formula is C13H19ClN2. The Balaban J connectivity index is 2.02. The molecule has 88 valence electrons. The molecular weight excluding hydrogens is 220 g/mol. The van der Waals surface area contributed by atoms with Crippen molar-refractivity contribution >= 4 is 17.3 Å². The first kappa shape index (κ1) is 11.7. The van der Waals surface area contributed by atoms with Gasteiger partial charge in [-0.15, -0.1) is 0 Å². The van der Waals surface area contributed by atoms with Gasteiger partial charge in [0, 0.05) is 11.6 Å². The lowest BCUT2D eigenvalue weighted by Gasteiger charge is -2.37. The number of halogens is 1. The van der Waals surface area contributed by atoms with Gasteiger partial charge in [-0.3, -0.25) is 0 Å². The monoisotopic (exact) mass is 238 g/mol. The van der Waals surface area contributed by atoms with Crippen LogP contribution in [0.4, 0.5) is 5.69 Å². The molecule has 2 nitrogen and oxygen atoms in total. The second-order valence-electron chi connectivity index (χ2n) is 5.12. The first-order valence-corrected chi connectivity index (χ1v) is 6.21. The average molecular weight is 239 g/mol. The van der Waals surface area contributed by atoms with E-state index in [9.17, 15) is 0 Å². The number of piperidine rings is 1. The maximum absolute atomic E-state index is 6.14. The van der Waals surface area contributed by atoms with Crippen LogP contribution in [0.3, 0.4) is 0 Å². The molecule has 0 saturated carbocycles. The number of benzene rings is 1. The summed E-state index contributed by atoms with van der Waals surface area (Å²) in [5.41, 5.74) is 1.27. The van der Waals surface area contributed by atoms with E-state index in [2.05, 4.69) is 24.5 Å². The summed E-state index contributed by atoms with van der Waals surface area (Å²) in [6.07, 6.45) is 2.27. The lowest BCUT2D eigenvalue weighted by molar-refractivity contribution is 0.286. The van der Waals surface area contributed by atoms with Crippen LogP contribution in [0.2, 0.25) is 5.02 Å². The van der Waals surface area contributed by atoms with Crippen molar-refractivity contribution in [3.05, 3.63) is 29.3 Å². The Morgan fingerprint density at radius 1 is 1.38 bits per heavy atom. The minimum absolute atomic E-state index is 0.219. The van der Waals surface area contributed by atoms with Crippen LogP contribution in [0, 0.1) is 0 Å². The van der Waals surface area contributed by atoms with Gasteiger partial charge in [0.25, 0.3) is 0 Å². The van der Waals surface area contributed by atoms with Crippen molar-refractivity contribution < 1.29 is 0 Å². The lowest BCUT2D eigenvalue weighted by Crippen LogP contribution is -2.50. The van der Waals surface area contributed by atoms with Crippen molar-refractivity contribution in [1.29, 1.82) is 0 Å². The van der Waals surface area contributed by atoms with Gasteiger partial charge in [-0.1, -0.05) is 23.7 Å². The van der Waals surface area contributed by atoms with E-state index in [0.29, 0.717) is 6.04 Å². The zero-order chi connectivity index (χ0) is 11.6. The fourth-order valence-electron chi connectivity index (χ4n) is 2.30. The second kappa shape index (κ2) is 4.64. The molecule has 1 heterocycles. The van der Waals surface area contributed by atoms with Crippen LogP contribution in [0.25, 0.3) is 0 Å². The molecule has 0 aliphatic carbocycles. The quantitative estimate of drug-likeness (QED) is 0.826. The molecule has 1 aromatic carbocycles. The number of anilines is 1. The minimum Gasteiger partial charge on any atom is -0.381 e. The lowest BCUT2D eigenvalue weighted by atomic mass is 9.89. The Morgan fingerprint density at radius 3 is 2.81 bits per heavy atom. The zero-order valence-electron chi connectivity index (χ0n) is 9.89. The summed E-state index contributed by atoms with van der Waals surface area (Å²) in [6, 6.07) is 8.45. The highest BCUT2D eigenvalue weighted by Crippen LogP contribution is 2.26. The van der Waals surface area contributed by atoms with Crippen LogP contribution in [0.5, 0.6) is 0 Å². The first-order chi connectivity index (χ1) is 7.57. The van der Waals surface area contributed by atoms with Crippen LogP contribution in [-0.4, -0.2) is 18.1 Å². The minimum atomic E-state index is 0.219. The van der Waals surface area contributed by atoms with Crippen LogP contribution in [0.1, 0.15) is 26.7 Å². The molecule has 16 heavy (non-hydrogen) atoms. The van der Waals surface area contributed by atoms with E-state index in [-0.39, 0.29) is 5.54 Å². The zero-order valence-corrected chi connectivity index (χ0v) is 10.6. The van der Waals surface area contributed by atoms with Crippen molar-refractivity contribution in [3.8, 4) is 0 Å². The smallest absolute Gasteiger partial charge is 0.0637 e. The van der Waals surface area contributed by atoms with Gasteiger partial charge < -0.3 is 10.6 Å². The van der Waals surface area contributed by atoms with Crippen LogP contribution >= 0.6 is 11.6 Å². The van der Waals surface area contributed by atoms with Crippen LogP contribution in [0.15, 0.2) is 24.3 Å². The van der Waals surface area contributed by atoms with Gasteiger partial charge in [-0.25, -0.2) is 0 Å². The highest BCUT2D eigenvalue weighted by Gasteiger charge is 2.27. The molecule has 1 aliphatic rings. The molecule has 3 heteroatoms. The van der Waals surface area contributed by atoms with Crippen LogP contribution in [-0.2, 0) is 0 Å². The molecule has 2 rings (SSSR count). The summed E-state index contributed by atoms with van der Waals surface area (Å²) in [5, 5.41) is 7.85. The molecule has 1 unspecified atom stereocenters. The molecule has 1 saturated heterocycles. The van der Waals surface area contributed by atoms with Gasteiger partial charge in [-0.05, 0) is 45.4 Å². The van der Waals surface area contributed by atoms with E-state index in [1.165, 1.54) is 0 Å². The topological polar surface area (TPSA) is 24.1 Å².